The molecule has 2 nitrogen and oxygen atoms in total. The SMILES string of the molecule is COc1cccc(CC(=O)c2ccccc2Br)c1. The molecule has 0 saturated heterocycles. The molecule has 2 aromatic carbocycles. The highest BCUT2D eigenvalue weighted by Crippen LogP contribution is 2.19. The number of benzene rings is 2. The van der Waals surface area contributed by atoms with Crippen molar-refractivity contribution in [2.24, 2.45) is 0 Å². The Morgan fingerprint density at radius 2 is 1.94 bits per heavy atom. The smallest absolute Gasteiger partial charge is 0.168 e. The van der Waals surface area contributed by atoms with Crippen molar-refractivity contribution in [1.29, 1.82) is 0 Å². The maximum absolute atomic E-state index is 12.2. The van der Waals surface area contributed by atoms with Gasteiger partial charge in [-0.2, -0.15) is 0 Å². The fourth-order valence-corrected chi connectivity index (χ4v) is 2.26. The van der Waals surface area contributed by atoms with Crippen LogP contribution in [0.4, 0.5) is 0 Å². The lowest BCUT2D eigenvalue weighted by atomic mass is 10.0. The zero-order chi connectivity index (χ0) is 13.0. The number of methoxy groups -OCH3 is 1. The molecule has 2 aromatic rings. The van der Waals surface area contributed by atoms with Gasteiger partial charge in [0.05, 0.1) is 7.11 Å². The van der Waals surface area contributed by atoms with Gasteiger partial charge in [-0.15, -0.1) is 0 Å². The van der Waals surface area contributed by atoms with E-state index in [0.717, 1.165) is 15.8 Å². The summed E-state index contributed by atoms with van der Waals surface area (Å²) in [5.74, 6) is 0.864. The van der Waals surface area contributed by atoms with Gasteiger partial charge in [-0.05, 0) is 23.8 Å². The topological polar surface area (TPSA) is 26.3 Å². The van der Waals surface area contributed by atoms with Gasteiger partial charge in [0.15, 0.2) is 5.78 Å². The fraction of sp³-hybridized carbons (Fsp3) is 0.133. The van der Waals surface area contributed by atoms with Gasteiger partial charge in [0, 0.05) is 16.5 Å². The number of hydrogen-bond donors (Lipinski definition) is 0. The average molecular weight is 305 g/mol. The lowest BCUT2D eigenvalue weighted by molar-refractivity contribution is 0.0992. The summed E-state index contributed by atoms with van der Waals surface area (Å²) in [4.78, 5) is 12.2. The van der Waals surface area contributed by atoms with E-state index in [2.05, 4.69) is 15.9 Å². The minimum atomic E-state index is 0.0933. The van der Waals surface area contributed by atoms with E-state index in [-0.39, 0.29) is 5.78 Å². The van der Waals surface area contributed by atoms with Gasteiger partial charge in [-0.3, -0.25) is 4.79 Å². The molecule has 0 fully saturated rings. The second-order valence-corrected chi connectivity index (χ2v) is 4.79. The molecule has 0 spiro atoms. The van der Waals surface area contributed by atoms with Crippen LogP contribution < -0.4 is 4.74 Å². The predicted octanol–water partition coefficient (Wildman–Crippen LogP) is 3.88. The van der Waals surface area contributed by atoms with Crippen LogP contribution in [0.3, 0.4) is 0 Å². The Labute approximate surface area is 115 Å². The number of ketones is 1. The fourth-order valence-electron chi connectivity index (χ4n) is 1.75. The molecule has 0 unspecified atom stereocenters. The third-order valence-electron chi connectivity index (χ3n) is 2.67. The lowest BCUT2D eigenvalue weighted by Gasteiger charge is -2.05. The van der Waals surface area contributed by atoms with Gasteiger partial charge < -0.3 is 4.74 Å². The maximum Gasteiger partial charge on any atom is 0.168 e. The van der Waals surface area contributed by atoms with Crippen molar-refractivity contribution in [1.82, 2.24) is 0 Å². The summed E-state index contributed by atoms with van der Waals surface area (Å²) >= 11 is 3.39. The number of hydrogen-bond acceptors (Lipinski definition) is 2. The summed E-state index contributed by atoms with van der Waals surface area (Å²) in [5, 5.41) is 0. The van der Waals surface area contributed by atoms with E-state index < -0.39 is 0 Å². The summed E-state index contributed by atoms with van der Waals surface area (Å²) in [6.45, 7) is 0. The van der Waals surface area contributed by atoms with Gasteiger partial charge in [0.2, 0.25) is 0 Å². The van der Waals surface area contributed by atoms with Crippen LogP contribution in [0.25, 0.3) is 0 Å². The van der Waals surface area contributed by atoms with Gasteiger partial charge in [-0.1, -0.05) is 46.3 Å². The van der Waals surface area contributed by atoms with Crippen molar-refractivity contribution >= 4 is 21.7 Å². The first kappa shape index (κ1) is 12.8. The first-order valence-electron chi connectivity index (χ1n) is 5.61. The van der Waals surface area contributed by atoms with Crippen LogP contribution in [0.1, 0.15) is 15.9 Å². The van der Waals surface area contributed by atoms with E-state index in [1.807, 2.05) is 48.5 Å². The summed E-state index contributed by atoms with van der Waals surface area (Å²) < 4.78 is 5.98. The highest BCUT2D eigenvalue weighted by molar-refractivity contribution is 9.10. The zero-order valence-corrected chi connectivity index (χ0v) is 11.6. The quantitative estimate of drug-likeness (QED) is 0.801. The Morgan fingerprint density at radius 1 is 1.17 bits per heavy atom. The van der Waals surface area contributed by atoms with Crippen LogP contribution in [0.5, 0.6) is 5.75 Å². The van der Waals surface area contributed by atoms with Crippen LogP contribution in [-0.4, -0.2) is 12.9 Å². The molecule has 3 heteroatoms. The standard InChI is InChI=1S/C15H13BrO2/c1-18-12-6-4-5-11(9-12)10-15(17)13-7-2-3-8-14(13)16/h2-9H,10H2,1H3. The molecule has 0 heterocycles. The highest BCUT2D eigenvalue weighted by atomic mass is 79.9. The second-order valence-electron chi connectivity index (χ2n) is 3.93. The third kappa shape index (κ3) is 2.99. The first-order chi connectivity index (χ1) is 8.70. The number of carbonyl (C=O) groups excluding carboxylic acids is 1. The monoisotopic (exact) mass is 304 g/mol. The molecule has 2 rings (SSSR count). The van der Waals surface area contributed by atoms with Gasteiger partial charge in [-0.25, -0.2) is 0 Å². The minimum absolute atomic E-state index is 0.0933. The largest absolute Gasteiger partial charge is 0.497 e. The predicted molar refractivity (Wildman–Crippen MR) is 75.2 cm³/mol. The zero-order valence-electron chi connectivity index (χ0n) is 10.0. The number of Topliss-reactive ketones (excluding diaryl/α,β-unsaturated/α-hetero) is 1. The van der Waals surface area contributed by atoms with Gasteiger partial charge in [0.1, 0.15) is 5.75 Å². The molecule has 18 heavy (non-hydrogen) atoms. The summed E-state index contributed by atoms with van der Waals surface area (Å²) in [6, 6.07) is 15.0. The molecule has 0 aliphatic carbocycles. The molecule has 0 aliphatic heterocycles. The van der Waals surface area contributed by atoms with E-state index >= 15 is 0 Å². The molecule has 0 bridgehead atoms. The molecule has 0 amide bonds. The maximum atomic E-state index is 12.2. The van der Waals surface area contributed by atoms with Crippen LogP contribution in [0.15, 0.2) is 53.0 Å². The average Bonchev–Trinajstić information content (AvgIpc) is 2.39. The lowest BCUT2D eigenvalue weighted by Crippen LogP contribution is -2.04. The molecular weight excluding hydrogens is 292 g/mol. The number of carbonyl (C=O) groups is 1. The van der Waals surface area contributed by atoms with Gasteiger partial charge >= 0.3 is 0 Å². The van der Waals surface area contributed by atoms with E-state index in [4.69, 9.17) is 4.74 Å². The highest BCUT2D eigenvalue weighted by Gasteiger charge is 2.10. The Bertz CT molecular complexity index is 564. The molecule has 0 radical (unpaired) electrons. The van der Waals surface area contributed by atoms with Crippen molar-refractivity contribution in [3.63, 3.8) is 0 Å². The Morgan fingerprint density at radius 3 is 2.67 bits per heavy atom. The molecule has 0 saturated carbocycles. The van der Waals surface area contributed by atoms with Crippen LogP contribution in [0.2, 0.25) is 0 Å². The van der Waals surface area contributed by atoms with E-state index in [1.165, 1.54) is 0 Å². The first-order valence-corrected chi connectivity index (χ1v) is 6.40. The van der Waals surface area contributed by atoms with Crippen molar-refractivity contribution in [3.8, 4) is 5.75 Å². The van der Waals surface area contributed by atoms with E-state index in [1.54, 1.807) is 7.11 Å². The van der Waals surface area contributed by atoms with Crippen molar-refractivity contribution in [3.05, 3.63) is 64.1 Å². The Kier molecular flexibility index (Phi) is 4.15. The Hall–Kier alpha value is -1.61. The molecule has 0 N–H and O–H groups in total. The number of rotatable bonds is 4. The number of ether oxygens (including phenoxy) is 1. The summed E-state index contributed by atoms with van der Waals surface area (Å²) in [5.41, 5.74) is 1.66. The summed E-state index contributed by atoms with van der Waals surface area (Å²) in [7, 11) is 1.62. The van der Waals surface area contributed by atoms with E-state index in [9.17, 15) is 4.79 Å². The Balaban J connectivity index is 2.19. The van der Waals surface area contributed by atoms with Crippen LogP contribution in [-0.2, 0) is 6.42 Å². The molecular formula is C15H13BrO2. The normalized spacial score (nSPS) is 10.1. The van der Waals surface area contributed by atoms with Crippen molar-refractivity contribution in [2.45, 2.75) is 6.42 Å². The molecule has 0 atom stereocenters. The van der Waals surface area contributed by atoms with E-state index in [0.29, 0.717) is 12.0 Å². The minimum Gasteiger partial charge on any atom is -0.497 e. The third-order valence-corrected chi connectivity index (χ3v) is 3.36. The van der Waals surface area contributed by atoms with Crippen molar-refractivity contribution < 1.29 is 9.53 Å². The van der Waals surface area contributed by atoms with Crippen molar-refractivity contribution in [2.75, 3.05) is 7.11 Å². The van der Waals surface area contributed by atoms with Gasteiger partial charge in [0.25, 0.3) is 0 Å². The van der Waals surface area contributed by atoms with Crippen LogP contribution >= 0.6 is 15.9 Å². The summed E-state index contributed by atoms with van der Waals surface area (Å²) in [6.07, 6.45) is 0.375. The van der Waals surface area contributed by atoms with Crippen LogP contribution in [0, 0.1) is 0 Å². The molecule has 0 aliphatic rings. The molecule has 92 valence electrons. The molecule has 0 aromatic heterocycles. The second kappa shape index (κ2) is 5.83. The number of halogens is 1.